The normalized spacial score (nSPS) is 13.9. The van der Waals surface area contributed by atoms with Crippen molar-refractivity contribution in [2.24, 2.45) is 0 Å². The Hall–Kier alpha value is -1.28. The van der Waals surface area contributed by atoms with Crippen molar-refractivity contribution in [2.45, 2.75) is 32.4 Å². The monoisotopic (exact) mass is 267 g/mol. The van der Waals surface area contributed by atoms with Gasteiger partial charge in [0.15, 0.2) is 0 Å². The molecule has 2 unspecified atom stereocenters. The van der Waals surface area contributed by atoms with Crippen LogP contribution in [-0.4, -0.2) is 17.7 Å². The number of anilines is 1. The van der Waals surface area contributed by atoms with Crippen molar-refractivity contribution in [3.63, 3.8) is 0 Å². The minimum atomic E-state index is -0.704. The Morgan fingerprint density at radius 3 is 2.78 bits per heavy atom. The third kappa shape index (κ3) is 3.61. The van der Waals surface area contributed by atoms with Crippen LogP contribution in [0.15, 0.2) is 12.1 Å². The van der Waals surface area contributed by atoms with Crippen molar-refractivity contribution in [2.75, 3.05) is 12.3 Å². The zero-order valence-electron chi connectivity index (χ0n) is 10.6. The molecule has 0 fully saturated rings. The van der Waals surface area contributed by atoms with E-state index in [1.54, 1.807) is 12.1 Å². The van der Waals surface area contributed by atoms with Gasteiger partial charge in [-0.15, -0.1) is 0 Å². The van der Waals surface area contributed by atoms with Gasteiger partial charge >= 0.3 is 0 Å². The number of benzene rings is 1. The van der Waals surface area contributed by atoms with Gasteiger partial charge in [-0.05, 0) is 31.0 Å². The number of nitrogen functional groups attached to an aromatic ring is 1. The van der Waals surface area contributed by atoms with E-state index in [0.717, 1.165) is 6.42 Å². The number of hydrogen-bond donors (Lipinski definition) is 3. The molecule has 4 nitrogen and oxygen atoms in total. The minimum absolute atomic E-state index is 0.255. The molecule has 5 heteroatoms. The molecule has 0 aromatic heterocycles. The number of halogens is 1. The highest BCUT2D eigenvalue weighted by atomic mass is 35.5. The Labute approximate surface area is 112 Å². The number of aliphatic hydroxyl groups excluding tert-OH is 1. The fourth-order valence-corrected chi connectivity index (χ4v) is 1.73. The lowest BCUT2D eigenvalue weighted by molar-refractivity contribution is 0.170. The number of nitrogens with one attached hydrogen (secondary N) is 1. The maximum atomic E-state index is 10.0. The molecule has 0 spiro atoms. The molecule has 1 aromatic carbocycles. The quantitative estimate of drug-likeness (QED) is 0.715. The van der Waals surface area contributed by atoms with Crippen molar-refractivity contribution >= 4 is 17.3 Å². The van der Waals surface area contributed by atoms with E-state index in [4.69, 9.17) is 22.6 Å². The van der Waals surface area contributed by atoms with Crippen molar-refractivity contribution in [1.82, 2.24) is 5.32 Å². The van der Waals surface area contributed by atoms with Crippen molar-refractivity contribution < 1.29 is 5.11 Å². The molecule has 98 valence electrons. The Morgan fingerprint density at radius 1 is 1.56 bits per heavy atom. The number of nitrogens with two attached hydrogens (primary N) is 1. The Morgan fingerprint density at radius 2 is 2.22 bits per heavy atom. The van der Waals surface area contributed by atoms with E-state index in [2.05, 4.69) is 12.2 Å². The lowest BCUT2D eigenvalue weighted by Gasteiger charge is -2.17. The van der Waals surface area contributed by atoms with E-state index >= 15 is 0 Å². The first-order valence-corrected chi connectivity index (χ1v) is 6.27. The molecule has 0 heterocycles. The maximum Gasteiger partial charge on any atom is 0.101 e. The van der Waals surface area contributed by atoms with E-state index in [0.29, 0.717) is 28.7 Å². The smallest absolute Gasteiger partial charge is 0.101 e. The number of nitrogens with zero attached hydrogens (tertiary/aromatic N) is 1. The van der Waals surface area contributed by atoms with Crippen LogP contribution in [0.2, 0.25) is 5.02 Å². The SMILES string of the molecule is CCC(C)NCC(O)c1cc(Cl)c(N)c(C#N)c1. The maximum absolute atomic E-state index is 10.0. The van der Waals surface area contributed by atoms with Crippen LogP contribution in [0.3, 0.4) is 0 Å². The van der Waals surface area contributed by atoms with Crippen LogP contribution < -0.4 is 11.1 Å². The van der Waals surface area contributed by atoms with Crippen LogP contribution >= 0.6 is 11.6 Å². The van der Waals surface area contributed by atoms with E-state index in [1.165, 1.54) is 0 Å². The minimum Gasteiger partial charge on any atom is -0.396 e. The molecule has 0 bridgehead atoms. The molecule has 1 aromatic rings. The lowest BCUT2D eigenvalue weighted by Crippen LogP contribution is -2.29. The fourth-order valence-electron chi connectivity index (χ4n) is 1.50. The van der Waals surface area contributed by atoms with Crippen molar-refractivity contribution in [1.29, 1.82) is 5.26 Å². The lowest BCUT2D eigenvalue weighted by atomic mass is 10.0. The topological polar surface area (TPSA) is 82.1 Å². The van der Waals surface area contributed by atoms with Crippen LogP contribution in [0.25, 0.3) is 0 Å². The molecule has 0 radical (unpaired) electrons. The summed E-state index contributed by atoms with van der Waals surface area (Å²) in [6.45, 7) is 4.53. The Balaban J connectivity index is 2.84. The molecule has 0 aliphatic heterocycles. The summed E-state index contributed by atoms with van der Waals surface area (Å²) in [5.41, 5.74) is 6.80. The van der Waals surface area contributed by atoms with Gasteiger partial charge in [0.05, 0.1) is 22.4 Å². The standard InChI is InChI=1S/C13H18ClN3O/c1-3-8(2)17-7-12(18)9-4-10(6-15)13(16)11(14)5-9/h4-5,8,12,17-18H,3,7,16H2,1-2H3. The largest absolute Gasteiger partial charge is 0.396 e. The first-order chi connectivity index (χ1) is 8.49. The van der Waals surface area contributed by atoms with Crippen LogP contribution in [0, 0.1) is 11.3 Å². The molecular formula is C13H18ClN3O. The third-order valence-electron chi connectivity index (χ3n) is 2.93. The summed E-state index contributed by atoms with van der Waals surface area (Å²) in [5, 5.41) is 22.4. The van der Waals surface area contributed by atoms with E-state index in [9.17, 15) is 5.11 Å². The number of nitriles is 1. The van der Waals surface area contributed by atoms with Gasteiger partial charge in [0, 0.05) is 12.6 Å². The van der Waals surface area contributed by atoms with Gasteiger partial charge in [-0.1, -0.05) is 18.5 Å². The summed E-state index contributed by atoms with van der Waals surface area (Å²) in [5.74, 6) is 0. The molecule has 0 saturated heterocycles. The third-order valence-corrected chi connectivity index (χ3v) is 3.24. The fraction of sp³-hybridized carbons (Fsp3) is 0.462. The van der Waals surface area contributed by atoms with Gasteiger partial charge < -0.3 is 16.2 Å². The molecule has 2 atom stereocenters. The predicted octanol–water partition coefficient (Wildman–Crippen LogP) is 2.22. The Bertz CT molecular complexity index is 456. The van der Waals surface area contributed by atoms with Crippen LogP contribution in [0.1, 0.15) is 37.5 Å². The van der Waals surface area contributed by atoms with Gasteiger partial charge in [-0.2, -0.15) is 5.26 Å². The predicted molar refractivity (Wildman–Crippen MR) is 73.3 cm³/mol. The van der Waals surface area contributed by atoms with Crippen LogP contribution in [-0.2, 0) is 0 Å². The zero-order valence-corrected chi connectivity index (χ0v) is 11.3. The van der Waals surface area contributed by atoms with Gasteiger partial charge in [0.1, 0.15) is 6.07 Å². The average molecular weight is 268 g/mol. The van der Waals surface area contributed by atoms with Gasteiger partial charge in [0.2, 0.25) is 0 Å². The summed E-state index contributed by atoms with van der Waals surface area (Å²) in [4.78, 5) is 0. The van der Waals surface area contributed by atoms with Gasteiger partial charge in [0.25, 0.3) is 0 Å². The number of rotatable bonds is 5. The molecular weight excluding hydrogens is 250 g/mol. The highest BCUT2D eigenvalue weighted by Crippen LogP contribution is 2.27. The number of aliphatic hydroxyl groups is 1. The van der Waals surface area contributed by atoms with Gasteiger partial charge in [-0.25, -0.2) is 0 Å². The first kappa shape index (κ1) is 14.8. The number of hydrogen-bond acceptors (Lipinski definition) is 4. The molecule has 0 aliphatic carbocycles. The highest BCUT2D eigenvalue weighted by Gasteiger charge is 2.13. The molecule has 18 heavy (non-hydrogen) atoms. The summed E-state index contributed by atoms with van der Waals surface area (Å²) in [7, 11) is 0. The van der Waals surface area contributed by atoms with Crippen molar-refractivity contribution in [3.05, 3.63) is 28.3 Å². The average Bonchev–Trinajstić information content (AvgIpc) is 2.38. The van der Waals surface area contributed by atoms with Gasteiger partial charge in [-0.3, -0.25) is 0 Å². The Kier molecular flexibility index (Phi) is 5.42. The van der Waals surface area contributed by atoms with Crippen LogP contribution in [0.5, 0.6) is 0 Å². The molecule has 1 rings (SSSR count). The van der Waals surface area contributed by atoms with E-state index < -0.39 is 6.10 Å². The van der Waals surface area contributed by atoms with E-state index in [-0.39, 0.29) is 5.69 Å². The molecule has 0 amide bonds. The molecule has 4 N–H and O–H groups in total. The van der Waals surface area contributed by atoms with Crippen LogP contribution in [0.4, 0.5) is 5.69 Å². The second-order valence-electron chi connectivity index (χ2n) is 4.31. The summed E-state index contributed by atoms with van der Waals surface area (Å²) in [6.07, 6.45) is 0.280. The molecule has 0 aliphatic rings. The van der Waals surface area contributed by atoms with Crippen molar-refractivity contribution in [3.8, 4) is 6.07 Å². The van der Waals surface area contributed by atoms with E-state index in [1.807, 2.05) is 13.0 Å². The highest BCUT2D eigenvalue weighted by molar-refractivity contribution is 6.33. The first-order valence-electron chi connectivity index (χ1n) is 5.90. The second kappa shape index (κ2) is 6.60. The summed E-state index contributed by atoms with van der Waals surface area (Å²) in [6, 6.07) is 5.47. The zero-order chi connectivity index (χ0) is 13.7. The molecule has 0 saturated carbocycles. The summed E-state index contributed by atoms with van der Waals surface area (Å²) >= 11 is 5.92. The summed E-state index contributed by atoms with van der Waals surface area (Å²) < 4.78 is 0. The second-order valence-corrected chi connectivity index (χ2v) is 4.72.